The number of carbonyl (C=O) groups is 1. The van der Waals surface area contributed by atoms with Gasteiger partial charge < -0.3 is 14.6 Å². The molecule has 2 heterocycles. The molecule has 0 saturated carbocycles. The van der Waals surface area contributed by atoms with Crippen LogP contribution in [0.3, 0.4) is 0 Å². The molecule has 1 aromatic heterocycles. The maximum atomic E-state index is 11.4. The summed E-state index contributed by atoms with van der Waals surface area (Å²) in [6.45, 7) is 7.29. The van der Waals surface area contributed by atoms with E-state index < -0.39 is 5.97 Å². The Hall–Kier alpha value is -1.34. The Balaban J connectivity index is 2.05. The van der Waals surface area contributed by atoms with E-state index in [0.29, 0.717) is 17.1 Å². The second kappa shape index (κ2) is 7.09. The van der Waals surface area contributed by atoms with Gasteiger partial charge in [0, 0.05) is 31.4 Å². The number of aromatic nitrogens is 2. The van der Waals surface area contributed by atoms with Crippen LogP contribution < -0.4 is 5.56 Å². The molecule has 0 radical (unpaired) electrons. The third kappa shape index (κ3) is 4.57. The highest BCUT2D eigenvalue weighted by molar-refractivity contribution is 7.99. The van der Waals surface area contributed by atoms with Gasteiger partial charge in [0.1, 0.15) is 0 Å². The lowest BCUT2D eigenvalue weighted by atomic mass is 10.1. The summed E-state index contributed by atoms with van der Waals surface area (Å²) in [7, 11) is 0. The summed E-state index contributed by atoms with van der Waals surface area (Å²) in [4.78, 5) is 28.4. The molecule has 0 aromatic carbocycles. The lowest BCUT2D eigenvalue weighted by Crippen LogP contribution is -2.29. The van der Waals surface area contributed by atoms with E-state index in [4.69, 9.17) is 5.11 Å². The van der Waals surface area contributed by atoms with Crippen LogP contribution >= 0.6 is 11.8 Å². The summed E-state index contributed by atoms with van der Waals surface area (Å²) in [6, 6.07) is 1.97. The summed E-state index contributed by atoms with van der Waals surface area (Å²) >= 11 is 1.10. The second-order valence-electron chi connectivity index (χ2n) is 5.63. The van der Waals surface area contributed by atoms with Gasteiger partial charge in [-0.25, -0.2) is 0 Å². The molecule has 21 heavy (non-hydrogen) atoms. The standard InChI is InChI=1S/C14H21N3O3S/c1-10(2)16-5-3-11(7-16)8-17-6-4-12(18)15-14(17)21-9-13(19)20/h4,6,10-11H,3,5,7-9H2,1-2H3,(H,19,20). The third-order valence-corrected chi connectivity index (χ3v) is 4.65. The molecule has 0 bridgehead atoms. The Morgan fingerprint density at radius 3 is 2.95 bits per heavy atom. The topological polar surface area (TPSA) is 75.4 Å². The molecular formula is C14H21N3O3S. The van der Waals surface area contributed by atoms with E-state index in [-0.39, 0.29) is 11.3 Å². The van der Waals surface area contributed by atoms with Crippen molar-refractivity contribution in [2.45, 2.75) is 38.0 Å². The molecule has 2 rings (SSSR count). The maximum absolute atomic E-state index is 11.4. The van der Waals surface area contributed by atoms with Gasteiger partial charge in [-0.1, -0.05) is 11.8 Å². The average Bonchev–Trinajstić information content (AvgIpc) is 2.87. The minimum atomic E-state index is -0.906. The summed E-state index contributed by atoms with van der Waals surface area (Å²) in [5.41, 5.74) is -0.325. The van der Waals surface area contributed by atoms with Gasteiger partial charge in [0.15, 0.2) is 5.16 Å². The van der Waals surface area contributed by atoms with E-state index in [1.165, 1.54) is 6.07 Å². The fraction of sp³-hybridized carbons (Fsp3) is 0.643. The Kier molecular flexibility index (Phi) is 5.41. The van der Waals surface area contributed by atoms with E-state index in [0.717, 1.165) is 37.8 Å². The highest BCUT2D eigenvalue weighted by Gasteiger charge is 2.24. The zero-order valence-electron chi connectivity index (χ0n) is 12.4. The monoisotopic (exact) mass is 311 g/mol. The van der Waals surface area contributed by atoms with Crippen molar-refractivity contribution in [2.75, 3.05) is 18.8 Å². The van der Waals surface area contributed by atoms with Gasteiger partial charge in [0.05, 0.1) is 5.75 Å². The van der Waals surface area contributed by atoms with E-state index in [1.54, 1.807) is 6.20 Å². The third-order valence-electron chi connectivity index (χ3n) is 3.68. The molecule has 1 unspecified atom stereocenters. The van der Waals surface area contributed by atoms with Crippen LogP contribution in [-0.2, 0) is 11.3 Å². The van der Waals surface area contributed by atoms with Crippen molar-refractivity contribution in [3.05, 3.63) is 22.6 Å². The summed E-state index contributed by atoms with van der Waals surface area (Å²) in [6.07, 6.45) is 2.84. The van der Waals surface area contributed by atoms with Crippen LogP contribution in [0.25, 0.3) is 0 Å². The zero-order valence-corrected chi connectivity index (χ0v) is 13.2. The Morgan fingerprint density at radius 2 is 2.33 bits per heavy atom. The van der Waals surface area contributed by atoms with Crippen molar-refractivity contribution >= 4 is 17.7 Å². The number of likely N-dealkylation sites (tertiary alicyclic amines) is 1. The van der Waals surface area contributed by atoms with Crippen molar-refractivity contribution in [3.63, 3.8) is 0 Å². The fourth-order valence-corrected chi connectivity index (χ4v) is 3.26. The molecule has 1 aliphatic heterocycles. The molecule has 1 saturated heterocycles. The minimum absolute atomic E-state index is 0.0841. The van der Waals surface area contributed by atoms with Crippen LogP contribution in [0.1, 0.15) is 20.3 Å². The smallest absolute Gasteiger partial charge is 0.313 e. The van der Waals surface area contributed by atoms with Gasteiger partial charge in [-0.3, -0.25) is 9.59 Å². The van der Waals surface area contributed by atoms with Crippen molar-refractivity contribution in [1.29, 1.82) is 0 Å². The number of aliphatic carboxylic acids is 1. The Labute approximate surface area is 128 Å². The molecule has 116 valence electrons. The molecule has 1 N–H and O–H groups in total. The number of carboxylic acid groups (broad SMARTS) is 1. The number of thioether (sulfide) groups is 1. The summed E-state index contributed by atoms with van der Waals surface area (Å²) in [5.74, 6) is -0.475. The molecule has 1 aliphatic rings. The normalized spacial score (nSPS) is 19.3. The SMILES string of the molecule is CC(C)N1CCC(Cn2ccc(=O)nc2SCC(=O)O)C1. The van der Waals surface area contributed by atoms with E-state index >= 15 is 0 Å². The van der Waals surface area contributed by atoms with E-state index in [2.05, 4.69) is 23.7 Å². The Morgan fingerprint density at radius 1 is 1.57 bits per heavy atom. The van der Waals surface area contributed by atoms with Crippen LogP contribution in [-0.4, -0.2) is 50.4 Å². The van der Waals surface area contributed by atoms with Crippen molar-refractivity contribution in [2.24, 2.45) is 5.92 Å². The predicted octanol–water partition coefficient (Wildman–Crippen LogP) is 1.15. The second-order valence-corrected chi connectivity index (χ2v) is 6.57. The zero-order chi connectivity index (χ0) is 15.4. The number of nitrogens with zero attached hydrogens (tertiary/aromatic N) is 3. The highest BCUT2D eigenvalue weighted by atomic mass is 32.2. The van der Waals surface area contributed by atoms with Crippen molar-refractivity contribution in [3.8, 4) is 0 Å². The predicted molar refractivity (Wildman–Crippen MR) is 81.7 cm³/mol. The number of hydrogen-bond donors (Lipinski definition) is 1. The Bertz CT molecular complexity index is 559. The molecule has 1 aromatic rings. The quantitative estimate of drug-likeness (QED) is 0.627. The molecule has 7 heteroatoms. The molecule has 0 spiro atoms. The van der Waals surface area contributed by atoms with Crippen LogP contribution in [0.5, 0.6) is 0 Å². The number of rotatable bonds is 6. The maximum Gasteiger partial charge on any atom is 0.313 e. The first kappa shape index (κ1) is 16.0. The van der Waals surface area contributed by atoms with Crippen LogP contribution in [0.15, 0.2) is 22.2 Å². The van der Waals surface area contributed by atoms with Crippen molar-refractivity contribution < 1.29 is 9.90 Å². The van der Waals surface area contributed by atoms with Gasteiger partial charge in [0.25, 0.3) is 5.56 Å². The van der Waals surface area contributed by atoms with Crippen LogP contribution in [0, 0.1) is 5.92 Å². The number of hydrogen-bond acceptors (Lipinski definition) is 5. The van der Waals surface area contributed by atoms with Crippen LogP contribution in [0.4, 0.5) is 0 Å². The van der Waals surface area contributed by atoms with E-state index in [1.807, 2.05) is 4.57 Å². The van der Waals surface area contributed by atoms with Gasteiger partial charge in [0.2, 0.25) is 0 Å². The molecule has 1 atom stereocenters. The molecule has 0 aliphatic carbocycles. The van der Waals surface area contributed by atoms with Gasteiger partial charge in [-0.15, -0.1) is 0 Å². The summed E-state index contributed by atoms with van der Waals surface area (Å²) < 4.78 is 1.91. The number of carboxylic acids is 1. The fourth-order valence-electron chi connectivity index (χ4n) is 2.55. The minimum Gasteiger partial charge on any atom is -0.481 e. The van der Waals surface area contributed by atoms with Gasteiger partial charge >= 0.3 is 5.97 Å². The molecule has 6 nitrogen and oxygen atoms in total. The first-order valence-electron chi connectivity index (χ1n) is 7.12. The van der Waals surface area contributed by atoms with Crippen LogP contribution in [0.2, 0.25) is 0 Å². The van der Waals surface area contributed by atoms with Crippen molar-refractivity contribution in [1.82, 2.24) is 14.5 Å². The highest BCUT2D eigenvalue weighted by Crippen LogP contribution is 2.22. The molecule has 1 fully saturated rings. The average molecular weight is 311 g/mol. The summed E-state index contributed by atoms with van der Waals surface area (Å²) in [5, 5.41) is 9.27. The van der Waals surface area contributed by atoms with Gasteiger partial charge in [-0.05, 0) is 32.7 Å². The first-order valence-corrected chi connectivity index (χ1v) is 8.10. The lowest BCUT2D eigenvalue weighted by molar-refractivity contribution is -0.133. The first-order chi connectivity index (χ1) is 9.95. The molecule has 0 amide bonds. The largest absolute Gasteiger partial charge is 0.481 e. The van der Waals surface area contributed by atoms with Gasteiger partial charge in [-0.2, -0.15) is 4.98 Å². The molecular weight excluding hydrogens is 290 g/mol. The van der Waals surface area contributed by atoms with E-state index in [9.17, 15) is 9.59 Å². The lowest BCUT2D eigenvalue weighted by Gasteiger charge is -2.21.